The lowest BCUT2D eigenvalue weighted by molar-refractivity contribution is -0.137. The topological polar surface area (TPSA) is 84.9 Å². The molecule has 0 saturated carbocycles. The fraction of sp³-hybridized carbons (Fsp3) is 0.300. The van der Waals surface area contributed by atoms with Crippen molar-refractivity contribution in [1.29, 1.82) is 0 Å². The lowest BCUT2D eigenvalue weighted by atomic mass is 10.1. The van der Waals surface area contributed by atoms with Crippen LogP contribution in [0.3, 0.4) is 0 Å². The van der Waals surface area contributed by atoms with Crippen LogP contribution in [0.1, 0.15) is 34.3 Å². The van der Waals surface area contributed by atoms with E-state index in [1.807, 2.05) is 42.5 Å². The number of amides is 1. The van der Waals surface area contributed by atoms with E-state index < -0.39 is 5.97 Å². The van der Waals surface area contributed by atoms with E-state index in [0.29, 0.717) is 37.5 Å². The van der Waals surface area contributed by atoms with E-state index in [2.05, 4.69) is 5.32 Å². The van der Waals surface area contributed by atoms with Crippen molar-refractivity contribution >= 4 is 11.9 Å². The summed E-state index contributed by atoms with van der Waals surface area (Å²) < 4.78 is 10.6. The van der Waals surface area contributed by atoms with Crippen LogP contribution in [0.4, 0.5) is 0 Å². The fourth-order valence-electron chi connectivity index (χ4n) is 2.37. The highest BCUT2D eigenvalue weighted by atomic mass is 16.5. The summed E-state index contributed by atoms with van der Waals surface area (Å²) in [7, 11) is 1.62. The molecule has 0 aliphatic rings. The summed E-state index contributed by atoms with van der Waals surface area (Å²) in [6.07, 6.45) is 0.560. The number of carbonyl (C=O) groups is 2. The van der Waals surface area contributed by atoms with Gasteiger partial charge in [-0.15, -0.1) is 0 Å². The summed E-state index contributed by atoms with van der Waals surface area (Å²) >= 11 is 0. The first-order valence-electron chi connectivity index (χ1n) is 8.38. The van der Waals surface area contributed by atoms with Gasteiger partial charge in [0.1, 0.15) is 5.75 Å². The predicted octanol–water partition coefficient (Wildman–Crippen LogP) is 3.01. The standard InChI is InChI=1S/C20H23NO5/c1-25-14-16-4-2-5-17(12-16)20(24)21-13-15-7-9-18(10-8-15)26-11-3-6-19(22)23/h2,4-5,7-10,12H,3,6,11,13-14H2,1H3,(H,21,24)(H,22,23). The number of ether oxygens (including phenoxy) is 2. The number of hydrogen-bond acceptors (Lipinski definition) is 4. The van der Waals surface area contributed by atoms with E-state index in [-0.39, 0.29) is 12.3 Å². The van der Waals surface area contributed by atoms with Crippen molar-refractivity contribution in [3.8, 4) is 5.75 Å². The highest BCUT2D eigenvalue weighted by Gasteiger charge is 2.06. The van der Waals surface area contributed by atoms with Crippen LogP contribution < -0.4 is 10.1 Å². The molecule has 0 aliphatic carbocycles. The van der Waals surface area contributed by atoms with Gasteiger partial charge in [0.2, 0.25) is 0 Å². The molecule has 2 aromatic rings. The van der Waals surface area contributed by atoms with Crippen molar-refractivity contribution in [2.45, 2.75) is 26.0 Å². The Labute approximate surface area is 152 Å². The lowest BCUT2D eigenvalue weighted by Gasteiger charge is -2.09. The Balaban J connectivity index is 1.80. The molecular weight excluding hydrogens is 334 g/mol. The number of carboxylic acids is 1. The second-order valence-electron chi connectivity index (χ2n) is 5.81. The molecule has 2 aromatic carbocycles. The summed E-state index contributed by atoms with van der Waals surface area (Å²) in [6, 6.07) is 14.7. The molecule has 0 spiro atoms. The zero-order valence-corrected chi connectivity index (χ0v) is 14.7. The van der Waals surface area contributed by atoms with Gasteiger partial charge in [-0.3, -0.25) is 9.59 Å². The van der Waals surface area contributed by atoms with Crippen LogP contribution in [-0.4, -0.2) is 30.7 Å². The Morgan fingerprint density at radius 2 is 1.85 bits per heavy atom. The van der Waals surface area contributed by atoms with Crippen molar-refractivity contribution < 1.29 is 24.2 Å². The van der Waals surface area contributed by atoms with Crippen molar-refractivity contribution in [2.75, 3.05) is 13.7 Å². The molecule has 1 amide bonds. The minimum atomic E-state index is -0.826. The summed E-state index contributed by atoms with van der Waals surface area (Å²) in [5.41, 5.74) is 2.49. The molecule has 0 aromatic heterocycles. The van der Waals surface area contributed by atoms with Gasteiger partial charge in [0, 0.05) is 25.6 Å². The number of hydrogen-bond donors (Lipinski definition) is 2. The quantitative estimate of drug-likeness (QED) is 0.639. The van der Waals surface area contributed by atoms with Gasteiger partial charge in [-0.1, -0.05) is 24.3 Å². The molecular formula is C20H23NO5. The summed E-state index contributed by atoms with van der Waals surface area (Å²) in [5, 5.41) is 11.5. The van der Waals surface area contributed by atoms with Crippen LogP contribution >= 0.6 is 0 Å². The highest BCUT2D eigenvalue weighted by molar-refractivity contribution is 5.94. The largest absolute Gasteiger partial charge is 0.494 e. The van der Waals surface area contributed by atoms with E-state index in [0.717, 1.165) is 11.1 Å². The molecule has 26 heavy (non-hydrogen) atoms. The Morgan fingerprint density at radius 1 is 1.08 bits per heavy atom. The maximum Gasteiger partial charge on any atom is 0.303 e. The number of carboxylic acid groups (broad SMARTS) is 1. The van der Waals surface area contributed by atoms with Crippen LogP contribution in [0, 0.1) is 0 Å². The molecule has 0 heterocycles. The number of aliphatic carboxylic acids is 1. The number of nitrogens with one attached hydrogen (secondary N) is 1. The average molecular weight is 357 g/mol. The molecule has 0 fully saturated rings. The van der Waals surface area contributed by atoms with Crippen molar-refractivity contribution in [3.63, 3.8) is 0 Å². The van der Waals surface area contributed by atoms with E-state index >= 15 is 0 Å². The minimum Gasteiger partial charge on any atom is -0.494 e. The normalized spacial score (nSPS) is 10.3. The van der Waals surface area contributed by atoms with Gasteiger partial charge in [-0.2, -0.15) is 0 Å². The number of rotatable bonds is 10. The van der Waals surface area contributed by atoms with Crippen molar-refractivity contribution in [3.05, 3.63) is 65.2 Å². The summed E-state index contributed by atoms with van der Waals surface area (Å²) in [4.78, 5) is 22.7. The Hall–Kier alpha value is -2.86. The first-order chi connectivity index (χ1) is 12.6. The minimum absolute atomic E-state index is 0.0930. The first kappa shape index (κ1) is 19.5. The molecule has 0 atom stereocenters. The third-order valence-electron chi connectivity index (χ3n) is 3.68. The first-order valence-corrected chi connectivity index (χ1v) is 8.38. The Bertz CT molecular complexity index is 727. The third kappa shape index (κ3) is 6.57. The number of methoxy groups -OCH3 is 1. The smallest absolute Gasteiger partial charge is 0.303 e. The monoisotopic (exact) mass is 357 g/mol. The molecule has 2 N–H and O–H groups in total. The number of benzene rings is 2. The van der Waals surface area contributed by atoms with Crippen LogP contribution in [0.5, 0.6) is 5.75 Å². The van der Waals surface area contributed by atoms with E-state index in [9.17, 15) is 9.59 Å². The highest BCUT2D eigenvalue weighted by Crippen LogP contribution is 2.13. The molecule has 0 radical (unpaired) electrons. The zero-order valence-electron chi connectivity index (χ0n) is 14.7. The zero-order chi connectivity index (χ0) is 18.8. The molecule has 0 saturated heterocycles. The van der Waals surface area contributed by atoms with E-state index in [1.54, 1.807) is 13.2 Å². The number of carbonyl (C=O) groups excluding carboxylic acids is 1. The fourth-order valence-corrected chi connectivity index (χ4v) is 2.37. The molecule has 0 bridgehead atoms. The SMILES string of the molecule is COCc1cccc(C(=O)NCc2ccc(OCCCC(=O)O)cc2)c1. The van der Waals surface area contributed by atoms with Crippen LogP contribution in [-0.2, 0) is 22.7 Å². The van der Waals surface area contributed by atoms with Gasteiger partial charge in [-0.05, 0) is 41.8 Å². The molecule has 6 nitrogen and oxygen atoms in total. The average Bonchev–Trinajstić information content (AvgIpc) is 2.64. The van der Waals surface area contributed by atoms with Crippen molar-refractivity contribution in [1.82, 2.24) is 5.32 Å². The van der Waals surface area contributed by atoms with Gasteiger partial charge in [0.15, 0.2) is 0 Å². The van der Waals surface area contributed by atoms with Gasteiger partial charge >= 0.3 is 5.97 Å². The van der Waals surface area contributed by atoms with Gasteiger partial charge in [0.25, 0.3) is 5.91 Å². The van der Waals surface area contributed by atoms with Gasteiger partial charge < -0.3 is 19.9 Å². The summed E-state index contributed by atoms with van der Waals surface area (Å²) in [5.74, 6) is -0.290. The second-order valence-corrected chi connectivity index (χ2v) is 5.81. The molecule has 2 rings (SSSR count). The molecule has 138 valence electrons. The maximum atomic E-state index is 12.2. The summed E-state index contributed by atoms with van der Waals surface area (Å²) in [6.45, 7) is 1.24. The Kier molecular flexibility index (Phi) is 7.64. The maximum absolute atomic E-state index is 12.2. The van der Waals surface area contributed by atoms with Crippen LogP contribution in [0.15, 0.2) is 48.5 Å². The van der Waals surface area contributed by atoms with Crippen LogP contribution in [0.25, 0.3) is 0 Å². The Morgan fingerprint density at radius 3 is 2.54 bits per heavy atom. The predicted molar refractivity (Wildman–Crippen MR) is 97.1 cm³/mol. The molecule has 0 unspecified atom stereocenters. The third-order valence-corrected chi connectivity index (χ3v) is 3.68. The van der Waals surface area contributed by atoms with Crippen LogP contribution in [0.2, 0.25) is 0 Å². The van der Waals surface area contributed by atoms with E-state index in [1.165, 1.54) is 0 Å². The van der Waals surface area contributed by atoms with Crippen molar-refractivity contribution in [2.24, 2.45) is 0 Å². The van der Waals surface area contributed by atoms with Gasteiger partial charge in [-0.25, -0.2) is 0 Å². The lowest BCUT2D eigenvalue weighted by Crippen LogP contribution is -2.22. The van der Waals surface area contributed by atoms with E-state index in [4.69, 9.17) is 14.6 Å². The molecule has 6 heteroatoms. The van der Waals surface area contributed by atoms with Gasteiger partial charge in [0.05, 0.1) is 13.2 Å². The molecule has 0 aliphatic heterocycles. The second kappa shape index (κ2) is 10.2.